The minimum Gasteiger partial charge on any atom is -0.493 e. The molecule has 174 valence electrons. The number of rotatable bonds is 10. The number of benzene rings is 2. The van der Waals surface area contributed by atoms with Crippen molar-refractivity contribution in [3.05, 3.63) is 57.6 Å². The van der Waals surface area contributed by atoms with Crippen molar-refractivity contribution in [2.45, 2.75) is 19.2 Å². The maximum absolute atomic E-state index is 12.5. The van der Waals surface area contributed by atoms with Crippen LogP contribution in [0.15, 0.2) is 36.4 Å². The number of carbonyl (C=O) groups excluding carboxylic acids is 1. The second-order valence-corrected chi connectivity index (χ2v) is 6.21. The van der Waals surface area contributed by atoms with E-state index in [1.807, 2.05) is 0 Å². The Hall–Kier alpha value is -3.64. The first-order chi connectivity index (χ1) is 15.0. The number of nitrogens with one attached hydrogen (secondary N) is 1. The molecule has 0 unspecified atom stereocenters. The topological polar surface area (TPSA) is 99.9 Å². The van der Waals surface area contributed by atoms with Gasteiger partial charge < -0.3 is 19.5 Å². The highest BCUT2D eigenvalue weighted by atomic mass is 19.4. The first-order valence-corrected chi connectivity index (χ1v) is 8.88. The predicted octanol–water partition coefficient (Wildman–Crippen LogP) is 4.12. The minimum atomic E-state index is -4.63. The largest absolute Gasteiger partial charge is 0.493 e. The first kappa shape index (κ1) is 24.6. The van der Waals surface area contributed by atoms with E-state index in [-0.39, 0.29) is 30.2 Å². The molecule has 0 saturated heterocycles. The number of alkyl halides is 5. The third-order valence-electron chi connectivity index (χ3n) is 3.96. The Balaban J connectivity index is 2.09. The summed E-state index contributed by atoms with van der Waals surface area (Å²) in [5.41, 5.74) is -0.636. The van der Waals surface area contributed by atoms with E-state index >= 15 is 0 Å². The van der Waals surface area contributed by atoms with Gasteiger partial charge in [0.15, 0.2) is 18.1 Å². The van der Waals surface area contributed by atoms with E-state index in [9.17, 15) is 36.9 Å². The normalized spacial score (nSPS) is 11.2. The fourth-order valence-electron chi connectivity index (χ4n) is 2.59. The van der Waals surface area contributed by atoms with Gasteiger partial charge in [0.2, 0.25) is 0 Å². The molecule has 1 N–H and O–H groups in total. The maximum atomic E-state index is 12.5. The average Bonchev–Trinajstić information content (AvgIpc) is 2.71. The lowest BCUT2D eigenvalue weighted by Crippen LogP contribution is -2.26. The molecule has 0 spiro atoms. The van der Waals surface area contributed by atoms with Crippen LogP contribution < -0.4 is 19.5 Å². The fraction of sp³-hybridized carbons (Fsp3) is 0.316. The molecule has 0 heterocycles. The molecule has 0 saturated carbocycles. The molecule has 0 aliphatic rings. The summed E-state index contributed by atoms with van der Waals surface area (Å²) in [4.78, 5) is 22.7. The third kappa shape index (κ3) is 7.25. The van der Waals surface area contributed by atoms with Crippen LogP contribution in [0.2, 0.25) is 0 Å². The van der Waals surface area contributed by atoms with E-state index in [4.69, 9.17) is 4.74 Å². The SMILES string of the molecule is COc1ccc(CCNC(=O)c2cc(OCC(F)(F)F)ccc2[N+](=O)[O-])cc1OC(F)F. The second kappa shape index (κ2) is 10.6. The number of amides is 1. The van der Waals surface area contributed by atoms with Crippen molar-refractivity contribution >= 4 is 11.6 Å². The van der Waals surface area contributed by atoms with Crippen molar-refractivity contribution in [1.82, 2.24) is 5.32 Å². The molecule has 2 rings (SSSR count). The lowest BCUT2D eigenvalue weighted by atomic mass is 10.1. The van der Waals surface area contributed by atoms with E-state index in [0.29, 0.717) is 5.56 Å². The zero-order valence-electron chi connectivity index (χ0n) is 16.4. The summed E-state index contributed by atoms with van der Waals surface area (Å²) >= 11 is 0. The van der Waals surface area contributed by atoms with Crippen LogP contribution in [0.4, 0.5) is 27.6 Å². The van der Waals surface area contributed by atoms with E-state index in [1.54, 1.807) is 0 Å². The summed E-state index contributed by atoms with van der Waals surface area (Å²) in [5, 5.41) is 13.5. The Labute approximate surface area is 178 Å². The molecule has 8 nitrogen and oxygen atoms in total. The number of hydrogen-bond acceptors (Lipinski definition) is 6. The Morgan fingerprint density at radius 2 is 1.88 bits per heavy atom. The highest BCUT2D eigenvalue weighted by molar-refractivity contribution is 5.98. The quantitative estimate of drug-likeness (QED) is 0.323. The number of nitrogens with zero attached hydrogens (tertiary/aromatic N) is 1. The van der Waals surface area contributed by atoms with Gasteiger partial charge in [0, 0.05) is 12.6 Å². The molecule has 1 amide bonds. The third-order valence-corrected chi connectivity index (χ3v) is 3.96. The molecule has 2 aromatic rings. The molecule has 0 aromatic heterocycles. The van der Waals surface area contributed by atoms with Gasteiger partial charge in [-0.25, -0.2) is 0 Å². The monoisotopic (exact) mass is 464 g/mol. The molecule has 0 aliphatic carbocycles. The molecule has 0 radical (unpaired) electrons. The summed E-state index contributed by atoms with van der Waals surface area (Å²) in [6, 6.07) is 6.85. The highest BCUT2D eigenvalue weighted by Gasteiger charge is 2.29. The van der Waals surface area contributed by atoms with Gasteiger partial charge in [0.1, 0.15) is 11.3 Å². The summed E-state index contributed by atoms with van der Waals surface area (Å²) < 4.78 is 75.7. The van der Waals surface area contributed by atoms with Gasteiger partial charge in [-0.05, 0) is 36.2 Å². The minimum absolute atomic E-state index is 0.0654. The average molecular weight is 464 g/mol. The summed E-state index contributed by atoms with van der Waals surface area (Å²) in [5.74, 6) is -1.44. The highest BCUT2D eigenvalue weighted by Crippen LogP contribution is 2.30. The molecule has 13 heteroatoms. The van der Waals surface area contributed by atoms with Crippen LogP contribution in [0.1, 0.15) is 15.9 Å². The number of hydrogen-bond donors (Lipinski definition) is 1. The van der Waals surface area contributed by atoms with Crippen LogP contribution in [0, 0.1) is 10.1 Å². The number of halogens is 5. The smallest absolute Gasteiger partial charge is 0.422 e. The molecule has 0 aliphatic heterocycles. The van der Waals surface area contributed by atoms with E-state index in [0.717, 1.165) is 18.2 Å². The second-order valence-electron chi connectivity index (χ2n) is 6.21. The van der Waals surface area contributed by atoms with Crippen LogP contribution >= 0.6 is 0 Å². The Morgan fingerprint density at radius 1 is 1.16 bits per heavy atom. The predicted molar refractivity (Wildman–Crippen MR) is 100 cm³/mol. The number of methoxy groups -OCH3 is 1. The number of nitro groups is 1. The molecular formula is C19H17F5N2O6. The van der Waals surface area contributed by atoms with Crippen molar-refractivity contribution in [2.24, 2.45) is 0 Å². The summed E-state index contributed by atoms with van der Waals surface area (Å²) in [7, 11) is 1.27. The van der Waals surface area contributed by atoms with Crippen LogP contribution in [0.3, 0.4) is 0 Å². The Morgan fingerprint density at radius 3 is 2.47 bits per heavy atom. The zero-order chi connectivity index (χ0) is 23.9. The lowest BCUT2D eigenvalue weighted by molar-refractivity contribution is -0.385. The molecular weight excluding hydrogens is 447 g/mol. The van der Waals surface area contributed by atoms with Crippen molar-refractivity contribution in [2.75, 3.05) is 20.3 Å². The number of carbonyl (C=O) groups is 1. The van der Waals surface area contributed by atoms with Gasteiger partial charge in [0.05, 0.1) is 12.0 Å². The van der Waals surface area contributed by atoms with Crippen LogP contribution in [-0.2, 0) is 6.42 Å². The number of ether oxygens (including phenoxy) is 3. The van der Waals surface area contributed by atoms with E-state index < -0.39 is 41.5 Å². The van der Waals surface area contributed by atoms with Gasteiger partial charge in [-0.3, -0.25) is 14.9 Å². The molecule has 2 aromatic carbocycles. The molecule has 32 heavy (non-hydrogen) atoms. The van der Waals surface area contributed by atoms with Crippen LogP contribution in [0.25, 0.3) is 0 Å². The summed E-state index contributed by atoms with van der Waals surface area (Å²) in [6.45, 7) is -4.78. The van der Waals surface area contributed by atoms with Crippen molar-refractivity contribution < 1.29 is 45.9 Å². The van der Waals surface area contributed by atoms with Crippen molar-refractivity contribution in [1.29, 1.82) is 0 Å². The molecule has 0 bridgehead atoms. The van der Waals surface area contributed by atoms with Gasteiger partial charge in [0.25, 0.3) is 11.6 Å². The number of nitro benzene ring substituents is 1. The van der Waals surface area contributed by atoms with Crippen LogP contribution in [0.5, 0.6) is 17.2 Å². The molecule has 0 atom stereocenters. The van der Waals surface area contributed by atoms with Gasteiger partial charge >= 0.3 is 12.8 Å². The first-order valence-electron chi connectivity index (χ1n) is 8.88. The van der Waals surface area contributed by atoms with E-state index in [2.05, 4.69) is 14.8 Å². The van der Waals surface area contributed by atoms with Gasteiger partial charge in [-0.1, -0.05) is 6.07 Å². The van der Waals surface area contributed by atoms with Gasteiger partial charge in [-0.2, -0.15) is 22.0 Å². The van der Waals surface area contributed by atoms with Gasteiger partial charge in [-0.15, -0.1) is 0 Å². The van der Waals surface area contributed by atoms with Crippen molar-refractivity contribution in [3.63, 3.8) is 0 Å². The molecule has 0 fully saturated rings. The zero-order valence-corrected chi connectivity index (χ0v) is 16.4. The maximum Gasteiger partial charge on any atom is 0.422 e. The lowest BCUT2D eigenvalue weighted by Gasteiger charge is -2.12. The van der Waals surface area contributed by atoms with E-state index in [1.165, 1.54) is 25.3 Å². The Bertz CT molecular complexity index is 968. The standard InChI is InChI=1S/C19H17F5N2O6/c1-30-15-5-2-11(8-16(15)32-18(20)21)6-7-25-17(27)13-9-12(31-10-19(22,23)24)3-4-14(13)26(28)29/h2-5,8-9,18H,6-7,10H2,1H3,(H,25,27). The summed E-state index contributed by atoms with van der Waals surface area (Å²) in [6.07, 6.45) is -4.50. The fourth-order valence-corrected chi connectivity index (χ4v) is 2.59. The van der Waals surface area contributed by atoms with Crippen molar-refractivity contribution in [3.8, 4) is 17.2 Å². The Kier molecular flexibility index (Phi) is 8.15. The van der Waals surface area contributed by atoms with Crippen LogP contribution in [-0.4, -0.2) is 43.9 Å².